The number of rotatable bonds is 9. The highest BCUT2D eigenvalue weighted by Crippen LogP contribution is 2.48. The Morgan fingerprint density at radius 3 is 2.65 bits per heavy atom. The van der Waals surface area contributed by atoms with Crippen LogP contribution in [0.25, 0.3) is 10.9 Å². The van der Waals surface area contributed by atoms with Crippen LogP contribution in [0.5, 0.6) is 28.7 Å². The summed E-state index contributed by atoms with van der Waals surface area (Å²) in [6.07, 6.45) is 4.63. The minimum atomic E-state index is -0.265. The van der Waals surface area contributed by atoms with Crippen molar-refractivity contribution in [2.45, 2.75) is 25.3 Å². The summed E-state index contributed by atoms with van der Waals surface area (Å²) in [5.41, 5.74) is 1.19. The summed E-state index contributed by atoms with van der Waals surface area (Å²) in [6, 6.07) is 8.79. The molecule has 10 nitrogen and oxygen atoms in total. The topological polar surface area (TPSA) is 97.4 Å². The number of likely N-dealkylation sites (N-methyl/N-ethyl adjacent to an activating group) is 1. The van der Waals surface area contributed by atoms with Crippen LogP contribution in [0.2, 0.25) is 5.02 Å². The maximum atomic E-state index is 12.1. The third kappa shape index (κ3) is 6.29. The maximum absolute atomic E-state index is 12.1. The second kappa shape index (κ2) is 12.0. The largest absolute Gasteiger partial charge is 0.489 e. The third-order valence-corrected chi connectivity index (χ3v) is 7.56. The van der Waals surface area contributed by atoms with E-state index in [1.165, 1.54) is 0 Å². The molecule has 3 aliphatic rings. The van der Waals surface area contributed by atoms with E-state index in [4.69, 9.17) is 30.5 Å². The van der Waals surface area contributed by atoms with Crippen molar-refractivity contribution < 1.29 is 23.7 Å². The first kappa shape index (κ1) is 26.7. The monoisotopic (exact) mass is 567 g/mol. The summed E-state index contributed by atoms with van der Waals surface area (Å²) >= 11 is 6.46. The fourth-order valence-electron chi connectivity index (χ4n) is 4.87. The van der Waals surface area contributed by atoms with Crippen LogP contribution in [-0.4, -0.2) is 86.4 Å². The van der Waals surface area contributed by atoms with E-state index in [9.17, 15) is 4.79 Å². The molecule has 212 valence electrons. The van der Waals surface area contributed by atoms with Gasteiger partial charge in [0.05, 0.1) is 28.2 Å². The lowest BCUT2D eigenvalue weighted by atomic mass is 10.1. The number of carbonyl (C=O) groups is 1. The SMILES string of the molecule is CN1CCN(CCCOc2cc3nccc(Oc4ccc(NC(=O)NC5CC5)c(Cl)c4)c3c3c2OCCO3)CC1. The number of benzene rings is 2. The number of hydrogen-bond donors (Lipinski definition) is 2. The van der Waals surface area contributed by atoms with Gasteiger partial charge < -0.3 is 39.4 Å². The number of nitrogens with one attached hydrogen (secondary N) is 2. The van der Waals surface area contributed by atoms with Crippen molar-refractivity contribution in [3.05, 3.63) is 41.6 Å². The first-order chi connectivity index (χ1) is 19.5. The first-order valence-electron chi connectivity index (χ1n) is 13.8. The van der Waals surface area contributed by atoms with E-state index in [0.29, 0.717) is 70.2 Å². The molecule has 2 aliphatic heterocycles. The van der Waals surface area contributed by atoms with Crippen LogP contribution in [0.4, 0.5) is 10.5 Å². The lowest BCUT2D eigenvalue weighted by Crippen LogP contribution is -2.44. The zero-order valence-electron chi connectivity index (χ0n) is 22.6. The molecule has 0 spiro atoms. The Morgan fingerprint density at radius 2 is 1.88 bits per heavy atom. The number of nitrogens with zero attached hydrogens (tertiary/aromatic N) is 3. The van der Waals surface area contributed by atoms with Crippen LogP contribution in [0, 0.1) is 0 Å². The number of carbonyl (C=O) groups excluding carboxylic acids is 1. The van der Waals surface area contributed by atoms with Gasteiger partial charge in [-0.05, 0) is 44.5 Å². The van der Waals surface area contributed by atoms with E-state index in [1.807, 2.05) is 6.07 Å². The van der Waals surface area contributed by atoms with Gasteiger partial charge in [-0.25, -0.2) is 4.79 Å². The van der Waals surface area contributed by atoms with Crippen molar-refractivity contribution in [3.8, 4) is 28.7 Å². The molecule has 2 amide bonds. The number of urea groups is 1. The van der Waals surface area contributed by atoms with Crippen LogP contribution in [0.15, 0.2) is 36.5 Å². The van der Waals surface area contributed by atoms with Crippen molar-refractivity contribution in [2.24, 2.45) is 0 Å². The highest BCUT2D eigenvalue weighted by Gasteiger charge is 2.26. The number of hydrogen-bond acceptors (Lipinski definition) is 8. The molecule has 2 aromatic carbocycles. The van der Waals surface area contributed by atoms with E-state index in [1.54, 1.807) is 30.5 Å². The Morgan fingerprint density at radius 1 is 1.07 bits per heavy atom. The molecule has 0 radical (unpaired) electrons. The molecule has 1 saturated heterocycles. The van der Waals surface area contributed by atoms with E-state index in [-0.39, 0.29) is 12.1 Å². The first-order valence-corrected chi connectivity index (χ1v) is 14.2. The molecule has 0 atom stereocenters. The Labute approximate surface area is 238 Å². The van der Waals surface area contributed by atoms with Crippen molar-refractivity contribution in [1.82, 2.24) is 20.1 Å². The Balaban J connectivity index is 1.17. The second-order valence-electron chi connectivity index (χ2n) is 10.4. The van der Waals surface area contributed by atoms with Crippen LogP contribution in [0.1, 0.15) is 19.3 Å². The van der Waals surface area contributed by atoms with Gasteiger partial charge in [0.1, 0.15) is 24.7 Å². The number of amides is 2. The predicted molar refractivity (Wildman–Crippen MR) is 153 cm³/mol. The Bertz CT molecular complexity index is 1380. The van der Waals surface area contributed by atoms with Gasteiger partial charge in [-0.15, -0.1) is 0 Å². The van der Waals surface area contributed by atoms with Gasteiger partial charge in [0.2, 0.25) is 5.75 Å². The second-order valence-corrected chi connectivity index (χ2v) is 10.8. The fourth-order valence-corrected chi connectivity index (χ4v) is 5.08. The number of ether oxygens (including phenoxy) is 4. The van der Waals surface area contributed by atoms with Gasteiger partial charge in [-0.3, -0.25) is 4.98 Å². The summed E-state index contributed by atoms with van der Waals surface area (Å²) in [6.45, 7) is 6.80. The molecule has 3 heterocycles. The quantitative estimate of drug-likeness (QED) is 0.358. The van der Waals surface area contributed by atoms with Crippen LogP contribution < -0.4 is 29.6 Å². The number of fused-ring (bicyclic) bond motifs is 3. The molecule has 1 aromatic heterocycles. The van der Waals surface area contributed by atoms with Gasteiger partial charge in [-0.2, -0.15) is 0 Å². The van der Waals surface area contributed by atoms with Crippen LogP contribution >= 0.6 is 11.6 Å². The average Bonchev–Trinajstić information content (AvgIpc) is 3.77. The summed E-state index contributed by atoms with van der Waals surface area (Å²) in [5.74, 6) is 2.81. The molecule has 1 aliphatic carbocycles. The fraction of sp³-hybridized carbons (Fsp3) is 0.448. The van der Waals surface area contributed by atoms with E-state index >= 15 is 0 Å². The Kier molecular flexibility index (Phi) is 7.99. The van der Waals surface area contributed by atoms with Crippen LogP contribution in [0.3, 0.4) is 0 Å². The zero-order valence-corrected chi connectivity index (χ0v) is 23.3. The zero-order chi connectivity index (χ0) is 27.5. The highest BCUT2D eigenvalue weighted by molar-refractivity contribution is 6.33. The van der Waals surface area contributed by atoms with E-state index in [2.05, 4.69) is 32.5 Å². The number of piperazine rings is 1. The van der Waals surface area contributed by atoms with Gasteiger partial charge >= 0.3 is 6.03 Å². The summed E-state index contributed by atoms with van der Waals surface area (Å²) in [4.78, 5) is 21.5. The smallest absolute Gasteiger partial charge is 0.319 e. The molecule has 6 rings (SSSR count). The molecular weight excluding hydrogens is 534 g/mol. The lowest BCUT2D eigenvalue weighted by molar-refractivity contribution is 0.142. The summed E-state index contributed by atoms with van der Waals surface area (Å²) in [7, 11) is 2.16. The van der Waals surface area contributed by atoms with Gasteiger partial charge in [0.25, 0.3) is 0 Å². The molecule has 0 bridgehead atoms. The van der Waals surface area contributed by atoms with Crippen molar-refractivity contribution in [3.63, 3.8) is 0 Å². The summed E-state index contributed by atoms with van der Waals surface area (Å²) in [5, 5.41) is 6.74. The number of anilines is 1. The molecule has 40 heavy (non-hydrogen) atoms. The molecule has 0 unspecified atom stereocenters. The third-order valence-electron chi connectivity index (χ3n) is 7.24. The highest BCUT2D eigenvalue weighted by atomic mass is 35.5. The molecule has 11 heteroatoms. The van der Waals surface area contributed by atoms with Gasteiger partial charge in [0.15, 0.2) is 11.5 Å². The van der Waals surface area contributed by atoms with Crippen molar-refractivity contribution in [1.29, 1.82) is 0 Å². The molecule has 1 saturated carbocycles. The lowest BCUT2D eigenvalue weighted by Gasteiger charge is -2.32. The molecule has 2 fully saturated rings. The van der Waals surface area contributed by atoms with Gasteiger partial charge in [0, 0.05) is 57.1 Å². The predicted octanol–water partition coefficient (Wildman–Crippen LogP) is 4.75. The molecular formula is C29H34ClN5O5. The van der Waals surface area contributed by atoms with Gasteiger partial charge in [-0.1, -0.05) is 11.6 Å². The molecule has 3 aromatic rings. The maximum Gasteiger partial charge on any atom is 0.319 e. The van der Waals surface area contributed by atoms with Crippen LogP contribution in [-0.2, 0) is 0 Å². The van der Waals surface area contributed by atoms with E-state index in [0.717, 1.165) is 52.0 Å². The standard InChI is InChI=1S/C29H34ClN5O5/c1-34-10-12-35(13-11-34)9-2-14-37-25-18-23-26(28-27(25)38-15-16-39-28)24(7-8-31-23)40-20-5-6-22(21(30)17-20)33-29(36)32-19-3-4-19/h5-8,17-19H,2-4,9-16H2,1H3,(H2,32,33,36). The number of pyridine rings is 1. The number of halogens is 1. The van der Waals surface area contributed by atoms with Crippen molar-refractivity contribution >= 4 is 34.2 Å². The minimum absolute atomic E-state index is 0.256. The number of aromatic nitrogens is 1. The minimum Gasteiger partial charge on any atom is -0.489 e. The molecule has 2 N–H and O–H groups in total. The average molecular weight is 568 g/mol. The van der Waals surface area contributed by atoms with E-state index < -0.39 is 0 Å². The normalized spacial score (nSPS) is 17.4. The summed E-state index contributed by atoms with van der Waals surface area (Å²) < 4.78 is 24.5. The van der Waals surface area contributed by atoms with Crippen molar-refractivity contribution in [2.75, 3.05) is 64.9 Å². The Hall–Kier alpha value is -3.47.